The number of allylic oxidation sites excluding steroid dienone is 5. The lowest BCUT2D eigenvalue weighted by molar-refractivity contribution is -0.199. The minimum absolute atomic E-state index is 0.0753. The summed E-state index contributed by atoms with van der Waals surface area (Å²) in [5.74, 6) is 0.276. The van der Waals surface area contributed by atoms with Crippen molar-refractivity contribution in [3.63, 3.8) is 0 Å². The molecule has 0 radical (unpaired) electrons. The molecule has 0 spiro atoms. The summed E-state index contributed by atoms with van der Waals surface area (Å²) in [4.78, 5) is 17.8. The number of fused-ring (bicyclic) bond motifs is 1. The van der Waals surface area contributed by atoms with Gasteiger partial charge < -0.3 is 9.88 Å². The van der Waals surface area contributed by atoms with Crippen LogP contribution in [0.15, 0.2) is 48.6 Å². The molecule has 6 heteroatoms. The fourth-order valence-electron chi connectivity index (χ4n) is 5.81. The van der Waals surface area contributed by atoms with Crippen molar-refractivity contribution in [3.8, 4) is 0 Å². The average Bonchev–Trinajstić information content (AvgIpc) is 3.62. The van der Waals surface area contributed by atoms with Crippen molar-refractivity contribution >= 4 is 22.4 Å². The van der Waals surface area contributed by atoms with Crippen LogP contribution in [0.1, 0.15) is 95.4 Å². The van der Waals surface area contributed by atoms with Gasteiger partial charge in [-0.1, -0.05) is 64.1 Å². The van der Waals surface area contributed by atoms with Crippen LogP contribution in [-0.2, 0) is 4.79 Å². The third-order valence-electron chi connectivity index (χ3n) is 8.75. The number of hydrogen-bond acceptors (Lipinski definition) is 1. The summed E-state index contributed by atoms with van der Waals surface area (Å²) in [6, 6.07) is 6.50. The zero-order valence-corrected chi connectivity index (χ0v) is 23.3. The van der Waals surface area contributed by atoms with E-state index in [0.29, 0.717) is 31.8 Å². The Morgan fingerprint density at radius 1 is 1.21 bits per heavy atom. The maximum atomic E-state index is 13.5. The normalized spacial score (nSPS) is 19.8. The smallest absolute Gasteiger partial charge is 0.354 e. The molecular weight excluding hydrogens is 485 g/mol. The molecule has 1 aromatic carbocycles. The van der Waals surface area contributed by atoms with Crippen LogP contribution in [0.3, 0.4) is 0 Å². The van der Waals surface area contributed by atoms with Crippen LogP contribution >= 0.6 is 0 Å². The van der Waals surface area contributed by atoms with Crippen LogP contribution in [0.2, 0.25) is 0 Å². The van der Waals surface area contributed by atoms with E-state index in [1.54, 1.807) is 0 Å². The molecule has 2 aromatic rings. The Hall–Kier alpha value is -2.76. The number of likely N-dealkylation sites (tertiary alicyclic amines) is 1. The second-order valence-corrected chi connectivity index (χ2v) is 11.6. The number of hydrogen-bond donors (Lipinski definition) is 1. The van der Waals surface area contributed by atoms with Gasteiger partial charge in [-0.05, 0) is 85.6 Å². The molecule has 1 saturated carbocycles. The Kier molecular flexibility index (Phi) is 8.02. The Morgan fingerprint density at radius 3 is 2.39 bits per heavy atom. The fraction of sp³-hybridized carbons (Fsp3) is 0.531. The molecule has 1 aliphatic carbocycles. The first-order valence-corrected chi connectivity index (χ1v) is 14.0. The molecule has 2 heterocycles. The van der Waals surface area contributed by atoms with E-state index in [9.17, 15) is 18.0 Å². The molecule has 1 N–H and O–H groups in total. The molecule has 1 unspecified atom stereocenters. The number of piperidine rings is 1. The number of aromatic amines is 1. The molecule has 1 atom stereocenters. The maximum Gasteiger partial charge on any atom is 0.403 e. The van der Waals surface area contributed by atoms with Crippen LogP contribution in [0.4, 0.5) is 13.2 Å². The lowest BCUT2D eigenvalue weighted by Gasteiger charge is -2.35. The number of aromatic nitrogens is 1. The number of alkyl halides is 3. The summed E-state index contributed by atoms with van der Waals surface area (Å²) >= 11 is 0. The van der Waals surface area contributed by atoms with E-state index in [0.717, 1.165) is 23.2 Å². The zero-order valence-electron chi connectivity index (χ0n) is 23.3. The number of amides is 1. The predicted molar refractivity (Wildman–Crippen MR) is 150 cm³/mol. The molecule has 38 heavy (non-hydrogen) atoms. The van der Waals surface area contributed by atoms with E-state index < -0.39 is 17.5 Å². The van der Waals surface area contributed by atoms with Crippen molar-refractivity contribution in [3.05, 3.63) is 65.4 Å². The molecule has 1 aliphatic heterocycles. The quantitative estimate of drug-likeness (QED) is 0.343. The molecule has 2 aliphatic rings. The predicted octanol–water partition coefficient (Wildman–Crippen LogP) is 8.90. The lowest BCUT2D eigenvalue weighted by Crippen LogP contribution is -2.47. The minimum atomic E-state index is -4.45. The highest BCUT2D eigenvalue weighted by atomic mass is 19.4. The van der Waals surface area contributed by atoms with Gasteiger partial charge in [0.05, 0.1) is 0 Å². The van der Waals surface area contributed by atoms with Gasteiger partial charge in [-0.15, -0.1) is 0 Å². The van der Waals surface area contributed by atoms with Crippen LogP contribution in [0.5, 0.6) is 0 Å². The second kappa shape index (κ2) is 10.8. The number of carbonyl (C=O) groups excluding carboxylic acids is 1. The van der Waals surface area contributed by atoms with Gasteiger partial charge in [0.1, 0.15) is 5.41 Å². The first kappa shape index (κ1) is 28.3. The number of nitrogens with zero attached hydrogens (tertiary/aromatic N) is 1. The molecule has 4 rings (SSSR count). The van der Waals surface area contributed by atoms with Crippen LogP contribution in [0.25, 0.3) is 16.5 Å². The van der Waals surface area contributed by atoms with Crippen LogP contribution in [-0.4, -0.2) is 35.1 Å². The molecule has 206 valence electrons. The Labute approximate surface area is 224 Å². The summed E-state index contributed by atoms with van der Waals surface area (Å²) in [5, 5.41) is 1.18. The summed E-state index contributed by atoms with van der Waals surface area (Å²) in [6.45, 7) is 15.7. The summed E-state index contributed by atoms with van der Waals surface area (Å²) < 4.78 is 40.4. The molecule has 3 nitrogen and oxygen atoms in total. The van der Waals surface area contributed by atoms with Crippen molar-refractivity contribution in [2.24, 2.45) is 11.3 Å². The van der Waals surface area contributed by atoms with E-state index in [4.69, 9.17) is 0 Å². The standard InChI is InChI=1S/C32H41F3N2O/c1-7-9-25(18-22(6)21(5)8-2)29-28(20(3)4)26-19-24(10-11-27(26)36-29)23-12-16-37(17-13-23)30(38)31(14-15-31)32(33,34)35/h7,9-11,18-21,23,36H,1,8,12-17H2,2-6H3/b22-18-,25-9+. The highest BCUT2D eigenvalue weighted by Gasteiger charge is 2.69. The molecule has 1 saturated heterocycles. The van der Waals surface area contributed by atoms with E-state index in [-0.39, 0.29) is 24.7 Å². The second-order valence-electron chi connectivity index (χ2n) is 11.6. The maximum absolute atomic E-state index is 13.5. The van der Waals surface area contributed by atoms with Gasteiger partial charge in [-0.3, -0.25) is 4.79 Å². The SMILES string of the molecule is C=C/C=C(\C=C(\C)C(C)CC)c1[nH]c2ccc(C3CCN(C(=O)C4(C(F)(F)F)CC4)CC3)cc2c1C(C)C. The van der Waals surface area contributed by atoms with E-state index in [1.807, 2.05) is 6.08 Å². The van der Waals surface area contributed by atoms with E-state index in [1.165, 1.54) is 27.0 Å². The number of nitrogens with one attached hydrogen (secondary N) is 1. The lowest BCUT2D eigenvalue weighted by atomic mass is 9.86. The van der Waals surface area contributed by atoms with Gasteiger partial charge in [-0.25, -0.2) is 0 Å². The Bertz CT molecular complexity index is 1250. The largest absolute Gasteiger partial charge is 0.403 e. The summed E-state index contributed by atoms with van der Waals surface area (Å²) in [6.07, 6.45) is 3.98. The topological polar surface area (TPSA) is 36.1 Å². The first-order chi connectivity index (χ1) is 17.9. The third kappa shape index (κ3) is 5.23. The molecule has 2 fully saturated rings. The average molecular weight is 527 g/mol. The Morgan fingerprint density at radius 2 is 1.87 bits per heavy atom. The van der Waals surface area contributed by atoms with Crippen molar-refractivity contribution < 1.29 is 18.0 Å². The van der Waals surface area contributed by atoms with Crippen molar-refractivity contribution in [1.82, 2.24) is 9.88 Å². The van der Waals surface area contributed by atoms with Gasteiger partial charge in [0.2, 0.25) is 5.91 Å². The van der Waals surface area contributed by atoms with Gasteiger partial charge in [0.25, 0.3) is 0 Å². The van der Waals surface area contributed by atoms with Crippen molar-refractivity contribution in [2.45, 2.75) is 84.7 Å². The number of rotatable bonds is 8. The van der Waals surface area contributed by atoms with Gasteiger partial charge in [0, 0.05) is 29.7 Å². The summed E-state index contributed by atoms with van der Waals surface area (Å²) in [5.41, 5.74) is 4.96. The molecule has 1 aromatic heterocycles. The third-order valence-corrected chi connectivity index (χ3v) is 8.75. The monoisotopic (exact) mass is 526 g/mol. The van der Waals surface area contributed by atoms with Gasteiger partial charge in [0.15, 0.2) is 0 Å². The van der Waals surface area contributed by atoms with E-state index >= 15 is 0 Å². The van der Waals surface area contributed by atoms with Crippen LogP contribution < -0.4 is 0 Å². The van der Waals surface area contributed by atoms with E-state index in [2.05, 4.69) is 76.5 Å². The van der Waals surface area contributed by atoms with Crippen molar-refractivity contribution in [2.75, 3.05) is 13.1 Å². The van der Waals surface area contributed by atoms with Gasteiger partial charge in [-0.2, -0.15) is 13.2 Å². The summed E-state index contributed by atoms with van der Waals surface area (Å²) in [7, 11) is 0. The van der Waals surface area contributed by atoms with Gasteiger partial charge >= 0.3 is 6.18 Å². The molecule has 1 amide bonds. The van der Waals surface area contributed by atoms with Crippen LogP contribution in [0, 0.1) is 11.3 Å². The highest BCUT2D eigenvalue weighted by molar-refractivity contribution is 5.92. The number of halogens is 3. The minimum Gasteiger partial charge on any atom is -0.354 e. The Balaban J connectivity index is 1.61. The number of benzene rings is 1. The molecule has 0 bridgehead atoms. The highest BCUT2D eigenvalue weighted by Crippen LogP contribution is 2.59. The van der Waals surface area contributed by atoms with Crippen molar-refractivity contribution in [1.29, 1.82) is 0 Å². The number of H-pyrrole nitrogens is 1. The molecular formula is C32H41F3N2O. The fourth-order valence-corrected chi connectivity index (χ4v) is 5.81. The number of carbonyl (C=O) groups is 1. The first-order valence-electron chi connectivity index (χ1n) is 14.0. The zero-order chi connectivity index (χ0) is 27.8.